The Morgan fingerprint density at radius 2 is 1.78 bits per heavy atom. The number of carbonyl (C=O) groups excluding carboxylic acids is 1. The number of nitrogens with zero attached hydrogens (tertiary/aromatic N) is 3. The Morgan fingerprint density at radius 3 is 2.44 bits per heavy atom. The van der Waals surface area contributed by atoms with Crippen LogP contribution in [0, 0.1) is 0 Å². The van der Waals surface area contributed by atoms with Crippen molar-refractivity contribution >= 4 is 23.3 Å². The van der Waals surface area contributed by atoms with E-state index in [1.807, 2.05) is 37.4 Å². The molecule has 2 heterocycles. The third kappa shape index (κ3) is 5.53. The first kappa shape index (κ1) is 18.9. The van der Waals surface area contributed by atoms with E-state index >= 15 is 0 Å². The van der Waals surface area contributed by atoms with Crippen molar-refractivity contribution in [1.82, 2.24) is 15.3 Å². The van der Waals surface area contributed by atoms with Gasteiger partial charge in [-0.15, -0.1) is 0 Å². The van der Waals surface area contributed by atoms with Crippen molar-refractivity contribution in [3.05, 3.63) is 88.8 Å². The number of carbonyl (C=O) groups is 1. The van der Waals surface area contributed by atoms with Crippen LogP contribution in [0.4, 0.5) is 5.82 Å². The number of aromatic nitrogens is 2. The lowest BCUT2D eigenvalue weighted by Gasteiger charge is -2.18. The fraction of sp³-hybridized carbons (Fsp3) is 0.190. The van der Waals surface area contributed by atoms with E-state index in [9.17, 15) is 4.79 Å². The molecule has 0 aliphatic carbocycles. The molecule has 5 nitrogen and oxygen atoms in total. The molecule has 0 spiro atoms. The molecule has 3 aromatic rings. The van der Waals surface area contributed by atoms with Gasteiger partial charge in [0.05, 0.1) is 5.56 Å². The Bertz CT molecular complexity index is 867. The van der Waals surface area contributed by atoms with Gasteiger partial charge in [0.1, 0.15) is 5.82 Å². The zero-order valence-corrected chi connectivity index (χ0v) is 15.9. The highest BCUT2D eigenvalue weighted by atomic mass is 35.5. The monoisotopic (exact) mass is 380 g/mol. The van der Waals surface area contributed by atoms with Crippen molar-refractivity contribution in [1.29, 1.82) is 0 Å². The molecule has 0 saturated heterocycles. The molecule has 0 unspecified atom stereocenters. The van der Waals surface area contributed by atoms with Crippen LogP contribution >= 0.6 is 11.6 Å². The number of pyridine rings is 2. The van der Waals surface area contributed by atoms with E-state index in [4.69, 9.17) is 11.6 Å². The minimum atomic E-state index is -0.150. The van der Waals surface area contributed by atoms with Crippen molar-refractivity contribution in [3.63, 3.8) is 0 Å². The maximum Gasteiger partial charge on any atom is 0.253 e. The largest absolute Gasteiger partial charge is 0.359 e. The summed E-state index contributed by atoms with van der Waals surface area (Å²) in [6, 6.07) is 15.1. The molecule has 1 aromatic carbocycles. The van der Waals surface area contributed by atoms with Gasteiger partial charge in [-0.05, 0) is 53.9 Å². The predicted molar refractivity (Wildman–Crippen MR) is 108 cm³/mol. The summed E-state index contributed by atoms with van der Waals surface area (Å²) in [5, 5.41) is 3.57. The number of rotatable bonds is 7. The molecule has 0 radical (unpaired) electrons. The van der Waals surface area contributed by atoms with Gasteiger partial charge in [-0.3, -0.25) is 9.78 Å². The third-order valence-electron chi connectivity index (χ3n) is 4.25. The fourth-order valence-electron chi connectivity index (χ4n) is 2.59. The van der Waals surface area contributed by atoms with E-state index in [1.54, 1.807) is 36.8 Å². The summed E-state index contributed by atoms with van der Waals surface area (Å²) in [7, 11) is 1.99. The third-order valence-corrected chi connectivity index (χ3v) is 4.50. The Balaban J connectivity index is 1.52. The molecular weight excluding hydrogens is 360 g/mol. The van der Waals surface area contributed by atoms with Gasteiger partial charge in [-0.2, -0.15) is 0 Å². The summed E-state index contributed by atoms with van der Waals surface area (Å²) in [5.74, 6) is 0.682. The molecular formula is C21H21ClN4O. The number of halogens is 1. The fourth-order valence-corrected chi connectivity index (χ4v) is 2.72. The van der Waals surface area contributed by atoms with Gasteiger partial charge < -0.3 is 10.2 Å². The van der Waals surface area contributed by atoms with Gasteiger partial charge >= 0.3 is 0 Å². The van der Waals surface area contributed by atoms with Gasteiger partial charge in [0.25, 0.3) is 5.91 Å². The lowest BCUT2D eigenvalue weighted by molar-refractivity contribution is 0.0950. The first-order valence-electron chi connectivity index (χ1n) is 8.70. The first-order valence-corrected chi connectivity index (χ1v) is 9.08. The Morgan fingerprint density at radius 1 is 1.04 bits per heavy atom. The summed E-state index contributed by atoms with van der Waals surface area (Å²) in [6.07, 6.45) is 6.11. The highest BCUT2D eigenvalue weighted by molar-refractivity contribution is 6.30. The van der Waals surface area contributed by atoms with Crippen LogP contribution < -0.4 is 10.2 Å². The second-order valence-corrected chi connectivity index (χ2v) is 6.68. The topological polar surface area (TPSA) is 58.1 Å². The standard InChI is InChI=1S/C21H21ClN4O/c1-26(13-10-16-8-11-23-12-9-16)20-7-4-18(15-24-20)21(27)25-14-17-2-5-19(22)6-3-17/h2-9,11-12,15H,10,13-14H2,1H3,(H,25,27). The highest BCUT2D eigenvalue weighted by Gasteiger charge is 2.08. The van der Waals surface area contributed by atoms with Crippen LogP contribution in [-0.2, 0) is 13.0 Å². The number of benzene rings is 1. The molecule has 0 aliphatic heterocycles. The molecule has 138 valence electrons. The Labute approximate surface area is 164 Å². The van der Waals surface area contributed by atoms with E-state index < -0.39 is 0 Å². The van der Waals surface area contributed by atoms with Crippen LogP contribution in [0.2, 0.25) is 5.02 Å². The summed E-state index contributed by atoms with van der Waals surface area (Å²) >= 11 is 5.87. The van der Waals surface area contributed by atoms with E-state index in [0.717, 1.165) is 24.3 Å². The lowest BCUT2D eigenvalue weighted by Crippen LogP contribution is -2.24. The number of anilines is 1. The number of amides is 1. The minimum Gasteiger partial charge on any atom is -0.359 e. The smallest absolute Gasteiger partial charge is 0.253 e. The molecule has 0 aliphatic rings. The summed E-state index contributed by atoms with van der Waals surface area (Å²) < 4.78 is 0. The zero-order chi connectivity index (χ0) is 19.1. The molecule has 1 amide bonds. The van der Waals surface area contributed by atoms with Gasteiger partial charge in [-0.1, -0.05) is 23.7 Å². The van der Waals surface area contributed by atoms with Crippen molar-refractivity contribution in [2.24, 2.45) is 0 Å². The number of nitrogens with one attached hydrogen (secondary N) is 1. The first-order chi connectivity index (χ1) is 13.1. The van der Waals surface area contributed by atoms with Crippen molar-refractivity contribution in [3.8, 4) is 0 Å². The van der Waals surface area contributed by atoms with Crippen LogP contribution in [0.3, 0.4) is 0 Å². The molecule has 27 heavy (non-hydrogen) atoms. The molecule has 6 heteroatoms. The lowest BCUT2D eigenvalue weighted by atomic mass is 10.2. The second kappa shape index (κ2) is 9.14. The predicted octanol–water partition coefficient (Wildman–Crippen LogP) is 3.74. The average Bonchev–Trinajstić information content (AvgIpc) is 2.72. The molecule has 0 bridgehead atoms. The summed E-state index contributed by atoms with van der Waals surface area (Å²) in [6.45, 7) is 1.28. The van der Waals surface area contributed by atoms with Crippen LogP contribution in [0.1, 0.15) is 21.5 Å². The van der Waals surface area contributed by atoms with Crippen LogP contribution in [0.25, 0.3) is 0 Å². The average molecular weight is 381 g/mol. The number of hydrogen-bond acceptors (Lipinski definition) is 4. The van der Waals surface area contributed by atoms with Gasteiger partial charge in [0.15, 0.2) is 0 Å². The second-order valence-electron chi connectivity index (χ2n) is 6.24. The SMILES string of the molecule is CN(CCc1ccncc1)c1ccc(C(=O)NCc2ccc(Cl)cc2)cn1. The maximum atomic E-state index is 12.3. The van der Waals surface area contributed by atoms with Crippen LogP contribution in [-0.4, -0.2) is 29.5 Å². The van der Waals surface area contributed by atoms with Gasteiger partial charge in [-0.25, -0.2) is 4.98 Å². The van der Waals surface area contributed by atoms with Crippen LogP contribution in [0.5, 0.6) is 0 Å². The van der Waals surface area contributed by atoms with Crippen molar-refractivity contribution < 1.29 is 4.79 Å². The summed E-state index contributed by atoms with van der Waals surface area (Å²) in [5.41, 5.74) is 2.76. The minimum absolute atomic E-state index is 0.150. The van der Waals surface area contributed by atoms with Crippen molar-refractivity contribution in [2.45, 2.75) is 13.0 Å². The Hall–Kier alpha value is -2.92. The quantitative estimate of drug-likeness (QED) is 0.678. The van der Waals surface area contributed by atoms with E-state index in [-0.39, 0.29) is 5.91 Å². The van der Waals surface area contributed by atoms with E-state index in [1.165, 1.54) is 5.56 Å². The van der Waals surface area contributed by atoms with Crippen molar-refractivity contribution in [2.75, 3.05) is 18.5 Å². The van der Waals surface area contributed by atoms with Crippen LogP contribution in [0.15, 0.2) is 67.1 Å². The molecule has 3 rings (SSSR count). The molecule has 2 aromatic heterocycles. The molecule has 0 fully saturated rings. The van der Waals surface area contributed by atoms with E-state index in [0.29, 0.717) is 17.1 Å². The number of hydrogen-bond donors (Lipinski definition) is 1. The molecule has 0 saturated carbocycles. The molecule has 1 N–H and O–H groups in total. The zero-order valence-electron chi connectivity index (χ0n) is 15.1. The van der Waals surface area contributed by atoms with Gasteiger partial charge in [0, 0.05) is 43.8 Å². The molecule has 0 atom stereocenters. The Kier molecular flexibility index (Phi) is 6.39. The normalized spacial score (nSPS) is 10.4. The van der Waals surface area contributed by atoms with Gasteiger partial charge in [0.2, 0.25) is 0 Å². The maximum absolute atomic E-state index is 12.3. The van der Waals surface area contributed by atoms with E-state index in [2.05, 4.69) is 20.2 Å². The number of likely N-dealkylation sites (N-methyl/N-ethyl adjacent to an activating group) is 1. The highest BCUT2D eigenvalue weighted by Crippen LogP contribution is 2.12. The summed E-state index contributed by atoms with van der Waals surface area (Å²) in [4.78, 5) is 22.8.